The smallest absolute Gasteiger partial charge is 0.330 e. The minimum absolute atomic E-state index is 0.158. The van der Waals surface area contributed by atoms with Crippen LogP contribution in [0.5, 0.6) is 0 Å². The van der Waals surface area contributed by atoms with Crippen molar-refractivity contribution in [2.75, 3.05) is 11.1 Å². The fraction of sp³-hybridized carbons (Fsp3) is 0.462. The van der Waals surface area contributed by atoms with Crippen LogP contribution in [0.25, 0.3) is 0 Å². The maximum atomic E-state index is 11.9. The first kappa shape index (κ1) is 15.3. The van der Waals surface area contributed by atoms with Gasteiger partial charge in [0.2, 0.25) is 0 Å². The normalized spacial score (nSPS) is 11.0. The Labute approximate surface area is 125 Å². The summed E-state index contributed by atoms with van der Waals surface area (Å²) in [7, 11) is 0. The third-order valence-corrected chi connectivity index (χ3v) is 3.84. The van der Waals surface area contributed by atoms with Crippen molar-refractivity contribution in [2.24, 2.45) is 5.92 Å². The molecule has 0 unspecified atom stereocenters. The minimum atomic E-state index is -0.509. The number of nitrogen functional groups attached to an aromatic ring is 1. The molecule has 0 aliphatic rings. The molecule has 2 aromatic heterocycles. The van der Waals surface area contributed by atoms with Crippen molar-refractivity contribution in [3.8, 4) is 0 Å². The van der Waals surface area contributed by atoms with Crippen LogP contribution < -0.4 is 22.3 Å². The average molecular weight is 309 g/mol. The van der Waals surface area contributed by atoms with Gasteiger partial charge in [-0.2, -0.15) is 0 Å². The Morgan fingerprint density at radius 3 is 2.76 bits per heavy atom. The number of anilines is 2. The van der Waals surface area contributed by atoms with Gasteiger partial charge in [-0.15, -0.1) is 11.3 Å². The fourth-order valence-corrected chi connectivity index (χ4v) is 2.66. The van der Waals surface area contributed by atoms with Gasteiger partial charge in [-0.1, -0.05) is 13.8 Å². The fourth-order valence-electron chi connectivity index (χ4n) is 1.95. The molecule has 21 heavy (non-hydrogen) atoms. The van der Waals surface area contributed by atoms with Gasteiger partial charge in [-0.25, -0.2) is 9.78 Å². The zero-order valence-corrected chi connectivity index (χ0v) is 13.1. The third kappa shape index (κ3) is 3.52. The van der Waals surface area contributed by atoms with E-state index < -0.39 is 11.2 Å². The molecule has 0 radical (unpaired) electrons. The molecule has 0 saturated carbocycles. The van der Waals surface area contributed by atoms with Gasteiger partial charge in [-0.05, 0) is 12.8 Å². The van der Waals surface area contributed by atoms with Crippen LogP contribution in [-0.2, 0) is 13.1 Å². The monoisotopic (exact) mass is 309 g/mol. The molecular weight excluding hydrogens is 290 g/mol. The number of aromatic nitrogens is 3. The van der Waals surface area contributed by atoms with Crippen molar-refractivity contribution in [1.29, 1.82) is 0 Å². The molecule has 2 heterocycles. The van der Waals surface area contributed by atoms with E-state index in [1.807, 2.05) is 26.2 Å². The summed E-state index contributed by atoms with van der Waals surface area (Å²) in [5.74, 6) is 0.399. The number of nitrogens with one attached hydrogen (secondary N) is 2. The second kappa shape index (κ2) is 6.13. The Morgan fingerprint density at radius 1 is 1.48 bits per heavy atom. The predicted molar refractivity (Wildman–Crippen MR) is 84.8 cm³/mol. The molecule has 0 spiro atoms. The molecule has 0 atom stereocenters. The van der Waals surface area contributed by atoms with Crippen molar-refractivity contribution in [3.05, 3.63) is 36.9 Å². The lowest BCUT2D eigenvalue weighted by atomic mass is 10.2. The highest BCUT2D eigenvalue weighted by molar-refractivity contribution is 7.09. The molecule has 0 fully saturated rings. The number of aryl methyl sites for hydroxylation is 1. The Balaban J connectivity index is 2.30. The van der Waals surface area contributed by atoms with Crippen molar-refractivity contribution in [2.45, 2.75) is 33.9 Å². The molecule has 0 bridgehead atoms. The zero-order valence-electron chi connectivity index (χ0n) is 12.3. The molecule has 0 amide bonds. The molecule has 114 valence electrons. The minimum Gasteiger partial charge on any atom is -0.383 e. The average Bonchev–Trinajstić information content (AvgIpc) is 2.80. The number of H-pyrrole nitrogens is 1. The van der Waals surface area contributed by atoms with E-state index in [0.29, 0.717) is 13.1 Å². The Hall–Kier alpha value is -2.09. The molecule has 4 N–H and O–H groups in total. The topological polar surface area (TPSA) is 106 Å². The van der Waals surface area contributed by atoms with Crippen LogP contribution in [0, 0.1) is 12.8 Å². The second-order valence-electron chi connectivity index (χ2n) is 5.26. The van der Waals surface area contributed by atoms with Crippen LogP contribution in [0.15, 0.2) is 15.0 Å². The Morgan fingerprint density at radius 2 is 2.19 bits per heavy atom. The molecule has 0 aliphatic heterocycles. The Bertz CT molecular complexity index is 744. The number of nitrogens with zero attached hydrogens (tertiary/aromatic N) is 2. The summed E-state index contributed by atoms with van der Waals surface area (Å²) in [5.41, 5.74) is 6.12. The lowest BCUT2D eigenvalue weighted by molar-refractivity contribution is 0.508. The lowest BCUT2D eigenvalue weighted by Crippen LogP contribution is -2.35. The highest BCUT2D eigenvalue weighted by Gasteiger charge is 2.13. The lowest BCUT2D eigenvalue weighted by Gasteiger charge is -2.14. The maximum absolute atomic E-state index is 11.9. The SMILES string of the molecule is Cc1csc(CNc2c(N)n(CC(C)C)c(=O)[nH]c2=O)n1. The van der Waals surface area contributed by atoms with Gasteiger partial charge < -0.3 is 11.1 Å². The summed E-state index contributed by atoms with van der Waals surface area (Å²) in [6.45, 7) is 6.70. The number of nitrogens with two attached hydrogens (primary N) is 1. The van der Waals surface area contributed by atoms with Crippen LogP contribution in [0.4, 0.5) is 11.5 Å². The van der Waals surface area contributed by atoms with Gasteiger partial charge in [-0.3, -0.25) is 14.3 Å². The Kier molecular flexibility index (Phi) is 4.46. The first-order chi connectivity index (χ1) is 9.88. The number of aromatic amines is 1. The van der Waals surface area contributed by atoms with Gasteiger partial charge in [0.1, 0.15) is 16.5 Å². The van der Waals surface area contributed by atoms with E-state index in [9.17, 15) is 9.59 Å². The number of rotatable bonds is 5. The molecule has 0 saturated heterocycles. The van der Waals surface area contributed by atoms with Crippen molar-refractivity contribution in [3.63, 3.8) is 0 Å². The van der Waals surface area contributed by atoms with Gasteiger partial charge >= 0.3 is 5.69 Å². The van der Waals surface area contributed by atoms with Crippen molar-refractivity contribution in [1.82, 2.24) is 14.5 Å². The number of hydrogen-bond acceptors (Lipinski definition) is 6. The second-order valence-corrected chi connectivity index (χ2v) is 6.20. The number of thiazole rings is 1. The summed E-state index contributed by atoms with van der Waals surface area (Å²) in [6, 6.07) is 0. The predicted octanol–water partition coefficient (Wildman–Crippen LogP) is 1.15. The van der Waals surface area contributed by atoms with E-state index in [-0.39, 0.29) is 17.4 Å². The van der Waals surface area contributed by atoms with Gasteiger partial charge in [0.25, 0.3) is 5.56 Å². The van der Waals surface area contributed by atoms with E-state index in [1.165, 1.54) is 15.9 Å². The quantitative estimate of drug-likeness (QED) is 0.768. The maximum Gasteiger partial charge on any atom is 0.330 e. The summed E-state index contributed by atoms with van der Waals surface area (Å²) >= 11 is 1.50. The van der Waals surface area contributed by atoms with E-state index in [0.717, 1.165) is 10.7 Å². The summed E-state index contributed by atoms with van der Waals surface area (Å²) in [6.07, 6.45) is 0. The van der Waals surface area contributed by atoms with Crippen LogP contribution in [0.2, 0.25) is 0 Å². The molecule has 7 nitrogen and oxygen atoms in total. The first-order valence-electron chi connectivity index (χ1n) is 6.66. The highest BCUT2D eigenvalue weighted by Crippen LogP contribution is 2.15. The summed E-state index contributed by atoms with van der Waals surface area (Å²) < 4.78 is 1.38. The molecule has 0 aromatic carbocycles. The molecule has 2 rings (SSSR count). The number of hydrogen-bond donors (Lipinski definition) is 3. The summed E-state index contributed by atoms with van der Waals surface area (Å²) in [4.78, 5) is 30.3. The van der Waals surface area contributed by atoms with E-state index >= 15 is 0 Å². The van der Waals surface area contributed by atoms with Gasteiger partial charge in [0, 0.05) is 17.6 Å². The van der Waals surface area contributed by atoms with Gasteiger partial charge in [0.05, 0.1) is 6.54 Å². The van der Waals surface area contributed by atoms with E-state index in [2.05, 4.69) is 15.3 Å². The van der Waals surface area contributed by atoms with E-state index in [1.54, 1.807) is 0 Å². The first-order valence-corrected chi connectivity index (χ1v) is 7.54. The van der Waals surface area contributed by atoms with Crippen LogP contribution in [-0.4, -0.2) is 14.5 Å². The van der Waals surface area contributed by atoms with Crippen LogP contribution in [0.1, 0.15) is 24.5 Å². The molecule has 2 aromatic rings. The van der Waals surface area contributed by atoms with Gasteiger partial charge in [0.15, 0.2) is 0 Å². The summed E-state index contributed by atoms with van der Waals surface area (Å²) in [5, 5.41) is 5.76. The van der Waals surface area contributed by atoms with Crippen LogP contribution in [0.3, 0.4) is 0 Å². The van der Waals surface area contributed by atoms with E-state index in [4.69, 9.17) is 5.73 Å². The van der Waals surface area contributed by atoms with Crippen LogP contribution >= 0.6 is 11.3 Å². The molecule has 8 heteroatoms. The highest BCUT2D eigenvalue weighted by atomic mass is 32.1. The standard InChI is InChI=1S/C13H19N5O2S/c1-7(2)5-18-11(14)10(12(19)17-13(18)20)15-4-9-16-8(3)6-21-9/h6-7,15H,4-5,14H2,1-3H3,(H,17,19,20). The molecular formula is C13H19N5O2S. The largest absolute Gasteiger partial charge is 0.383 e. The zero-order chi connectivity index (χ0) is 15.6. The van der Waals surface area contributed by atoms with Crippen molar-refractivity contribution >= 4 is 22.8 Å². The van der Waals surface area contributed by atoms with Crippen molar-refractivity contribution < 1.29 is 0 Å². The molecule has 0 aliphatic carbocycles. The third-order valence-electron chi connectivity index (χ3n) is 2.87.